The molecule has 158 valence electrons. The van der Waals surface area contributed by atoms with E-state index in [0.29, 0.717) is 0 Å². The number of halogens is 1. The maximum atomic E-state index is 11.4. The minimum absolute atomic E-state index is 0. The highest BCUT2D eigenvalue weighted by Gasteiger charge is 2.23. The van der Waals surface area contributed by atoms with Gasteiger partial charge in [0.1, 0.15) is 0 Å². The summed E-state index contributed by atoms with van der Waals surface area (Å²) in [6, 6.07) is 0. The summed E-state index contributed by atoms with van der Waals surface area (Å²) in [6.45, 7) is 9.08. The second-order valence-corrected chi connectivity index (χ2v) is 7.57. The first kappa shape index (κ1) is 24.4. The van der Waals surface area contributed by atoms with Crippen LogP contribution in [-0.2, 0) is 9.53 Å². The summed E-state index contributed by atoms with van der Waals surface area (Å²) in [7, 11) is 2.06. The predicted octanol–water partition coefficient (Wildman–Crippen LogP) is 1.52. The maximum absolute atomic E-state index is 11.4. The average Bonchev–Trinajstić information content (AvgIpc) is 3.45. The number of piperidine rings is 1. The van der Waals surface area contributed by atoms with Crippen LogP contribution in [0.4, 0.5) is 0 Å². The van der Waals surface area contributed by atoms with Crippen molar-refractivity contribution < 1.29 is 9.53 Å². The Morgan fingerprint density at radius 1 is 1.37 bits per heavy atom. The van der Waals surface area contributed by atoms with Gasteiger partial charge in [0.25, 0.3) is 0 Å². The van der Waals surface area contributed by atoms with Gasteiger partial charge in [0.15, 0.2) is 5.96 Å². The molecule has 2 fully saturated rings. The number of likely N-dealkylation sites (tertiary alicyclic amines) is 1. The van der Waals surface area contributed by atoms with Crippen LogP contribution in [-0.4, -0.2) is 81.2 Å². The Kier molecular flexibility index (Phi) is 12.3. The van der Waals surface area contributed by atoms with Gasteiger partial charge in [-0.1, -0.05) is 0 Å². The van der Waals surface area contributed by atoms with E-state index in [9.17, 15) is 4.79 Å². The van der Waals surface area contributed by atoms with E-state index in [1.54, 1.807) is 0 Å². The monoisotopic (exact) mass is 495 g/mol. The molecule has 0 spiro atoms. The van der Waals surface area contributed by atoms with Crippen LogP contribution in [0, 0.1) is 11.8 Å². The summed E-state index contributed by atoms with van der Waals surface area (Å²) in [4.78, 5) is 20.6. The Labute approximate surface area is 181 Å². The van der Waals surface area contributed by atoms with Crippen LogP contribution in [0.2, 0.25) is 0 Å². The predicted molar refractivity (Wildman–Crippen MR) is 121 cm³/mol. The van der Waals surface area contributed by atoms with Gasteiger partial charge >= 0.3 is 0 Å². The first-order chi connectivity index (χ1) is 12.6. The van der Waals surface area contributed by atoms with Crippen LogP contribution in [0.15, 0.2) is 4.99 Å². The van der Waals surface area contributed by atoms with E-state index in [1.165, 1.54) is 12.8 Å². The molecule has 1 amide bonds. The molecule has 2 aliphatic rings. The second-order valence-electron chi connectivity index (χ2n) is 7.57. The van der Waals surface area contributed by atoms with Crippen LogP contribution < -0.4 is 11.1 Å². The molecule has 8 heteroatoms. The van der Waals surface area contributed by atoms with Gasteiger partial charge in [-0.3, -0.25) is 9.79 Å². The quantitative estimate of drug-likeness (QED) is 0.197. The van der Waals surface area contributed by atoms with Gasteiger partial charge < -0.3 is 25.6 Å². The van der Waals surface area contributed by atoms with Crippen molar-refractivity contribution in [2.45, 2.75) is 39.0 Å². The molecular formula is C19H38IN5O2. The summed E-state index contributed by atoms with van der Waals surface area (Å²) >= 11 is 0. The normalized spacial score (nSPS) is 20.8. The number of nitrogens with zero attached hydrogens (tertiary/aromatic N) is 3. The molecule has 1 unspecified atom stereocenters. The molecule has 1 saturated heterocycles. The summed E-state index contributed by atoms with van der Waals surface area (Å²) in [5.41, 5.74) is 5.45. The molecule has 0 bridgehead atoms. The van der Waals surface area contributed by atoms with Crippen molar-refractivity contribution in [3.63, 3.8) is 0 Å². The summed E-state index contributed by atoms with van der Waals surface area (Å²) in [6.07, 6.45) is 5.64. The highest BCUT2D eigenvalue weighted by molar-refractivity contribution is 14.0. The highest BCUT2D eigenvalue weighted by Crippen LogP contribution is 2.28. The molecule has 1 saturated carbocycles. The third-order valence-corrected chi connectivity index (χ3v) is 5.12. The minimum atomic E-state index is -0.160. The van der Waals surface area contributed by atoms with E-state index in [4.69, 9.17) is 15.5 Å². The smallest absolute Gasteiger partial charge is 0.221 e. The molecular weight excluding hydrogens is 457 g/mol. The minimum Gasteiger partial charge on any atom is -0.379 e. The number of aliphatic imine (C=N–C) groups is 1. The van der Waals surface area contributed by atoms with Crippen molar-refractivity contribution in [1.82, 2.24) is 15.1 Å². The molecule has 1 aliphatic carbocycles. The van der Waals surface area contributed by atoms with Crippen LogP contribution >= 0.6 is 24.0 Å². The van der Waals surface area contributed by atoms with E-state index < -0.39 is 0 Å². The fourth-order valence-electron chi connectivity index (χ4n) is 3.28. The fraction of sp³-hybridized carbons (Fsp3) is 0.895. The Balaban J connectivity index is 0.00000364. The molecule has 2 rings (SSSR count). The van der Waals surface area contributed by atoms with Crippen LogP contribution in [0.1, 0.15) is 39.0 Å². The van der Waals surface area contributed by atoms with Gasteiger partial charge in [0.05, 0.1) is 12.5 Å². The fourth-order valence-corrected chi connectivity index (χ4v) is 3.28. The van der Waals surface area contributed by atoms with E-state index in [-0.39, 0.29) is 35.8 Å². The lowest BCUT2D eigenvalue weighted by molar-refractivity contribution is -0.123. The highest BCUT2D eigenvalue weighted by atomic mass is 127. The molecule has 27 heavy (non-hydrogen) atoms. The van der Waals surface area contributed by atoms with Crippen molar-refractivity contribution >= 4 is 35.8 Å². The van der Waals surface area contributed by atoms with Crippen molar-refractivity contribution in [3.05, 3.63) is 0 Å². The number of likely N-dealkylation sites (N-methyl/N-ethyl adjacent to an activating group) is 1. The number of hydrogen-bond acceptors (Lipinski definition) is 4. The third-order valence-electron chi connectivity index (χ3n) is 5.12. The topological polar surface area (TPSA) is 83.2 Å². The SMILES string of the molecule is CCNC(=NCCCN1CCCC(C(N)=O)C1)N(C)CCOCC1CC1.I. The molecule has 0 aromatic heterocycles. The Hall–Kier alpha value is -0.610. The van der Waals surface area contributed by atoms with E-state index in [2.05, 4.69) is 29.1 Å². The van der Waals surface area contributed by atoms with Crippen molar-refractivity contribution in [3.8, 4) is 0 Å². The number of ether oxygens (including phenoxy) is 1. The molecule has 1 atom stereocenters. The number of amides is 1. The Morgan fingerprint density at radius 3 is 2.81 bits per heavy atom. The summed E-state index contributed by atoms with van der Waals surface area (Å²) in [5, 5.41) is 3.35. The largest absolute Gasteiger partial charge is 0.379 e. The number of nitrogens with one attached hydrogen (secondary N) is 1. The summed E-state index contributed by atoms with van der Waals surface area (Å²) < 4.78 is 5.72. The van der Waals surface area contributed by atoms with Gasteiger partial charge in [-0.25, -0.2) is 0 Å². The lowest BCUT2D eigenvalue weighted by atomic mass is 9.97. The lowest BCUT2D eigenvalue weighted by Crippen LogP contribution is -2.42. The van der Waals surface area contributed by atoms with Crippen molar-refractivity contribution in [2.75, 3.05) is 59.5 Å². The van der Waals surface area contributed by atoms with Crippen LogP contribution in [0.25, 0.3) is 0 Å². The molecule has 0 aromatic carbocycles. The third kappa shape index (κ3) is 9.94. The average molecular weight is 495 g/mol. The zero-order valence-electron chi connectivity index (χ0n) is 17.0. The number of carbonyl (C=O) groups excluding carboxylic acids is 1. The Morgan fingerprint density at radius 2 is 2.15 bits per heavy atom. The molecule has 0 aromatic rings. The van der Waals surface area contributed by atoms with Gasteiger partial charge in [0, 0.05) is 39.8 Å². The van der Waals surface area contributed by atoms with Gasteiger partial charge in [-0.15, -0.1) is 24.0 Å². The van der Waals surface area contributed by atoms with E-state index in [1.807, 2.05) is 0 Å². The van der Waals surface area contributed by atoms with Crippen molar-refractivity contribution in [1.29, 1.82) is 0 Å². The molecule has 7 nitrogen and oxygen atoms in total. The molecule has 1 aliphatic heterocycles. The zero-order chi connectivity index (χ0) is 18.8. The first-order valence-corrected chi connectivity index (χ1v) is 10.2. The van der Waals surface area contributed by atoms with E-state index in [0.717, 1.165) is 83.6 Å². The standard InChI is InChI=1S/C19H37N5O2.HI/c1-3-21-19(23(2)12-13-26-15-16-7-8-16)22-9-5-11-24-10-4-6-17(14-24)18(20)25;/h16-17H,3-15H2,1-2H3,(H2,20,25)(H,21,22);1H. The number of guanidine groups is 1. The maximum Gasteiger partial charge on any atom is 0.221 e. The number of hydrogen-bond donors (Lipinski definition) is 2. The van der Waals surface area contributed by atoms with Gasteiger partial charge in [0.2, 0.25) is 5.91 Å². The number of nitrogens with two attached hydrogens (primary N) is 1. The second kappa shape index (κ2) is 13.5. The molecule has 0 radical (unpaired) electrons. The van der Waals surface area contributed by atoms with Gasteiger partial charge in [-0.2, -0.15) is 0 Å². The Bertz CT molecular complexity index is 459. The number of primary amides is 1. The van der Waals surface area contributed by atoms with Crippen LogP contribution in [0.5, 0.6) is 0 Å². The summed E-state index contributed by atoms with van der Waals surface area (Å²) in [5.74, 6) is 1.61. The number of rotatable bonds is 11. The van der Waals surface area contributed by atoms with Gasteiger partial charge in [-0.05, 0) is 58.0 Å². The van der Waals surface area contributed by atoms with E-state index >= 15 is 0 Å². The molecule has 3 N–H and O–H groups in total. The van der Waals surface area contributed by atoms with Crippen LogP contribution in [0.3, 0.4) is 0 Å². The number of carbonyl (C=O) groups is 1. The van der Waals surface area contributed by atoms with Crippen molar-refractivity contribution in [2.24, 2.45) is 22.6 Å². The lowest BCUT2D eigenvalue weighted by Gasteiger charge is -2.30. The molecule has 1 heterocycles. The first-order valence-electron chi connectivity index (χ1n) is 10.2. The zero-order valence-corrected chi connectivity index (χ0v) is 19.3.